The van der Waals surface area contributed by atoms with Gasteiger partial charge in [0.25, 0.3) is 11.6 Å². The number of carbonyl (C=O) groups excluding carboxylic acids is 1. The molecule has 0 radical (unpaired) electrons. The van der Waals surface area contributed by atoms with Crippen molar-refractivity contribution < 1.29 is 9.72 Å². The molecule has 3 aromatic heterocycles. The number of carbonyl (C=O) groups is 1. The third-order valence-electron chi connectivity index (χ3n) is 4.89. The summed E-state index contributed by atoms with van der Waals surface area (Å²) in [7, 11) is 0. The average Bonchev–Trinajstić information content (AvgIpc) is 3.28. The SMILES string of the molecule is O=C(Nc1cccc(-c2ccc3nnc(-c4ccccn4)n3n2)c1)c1cccc([N+](=O)[O-])c1. The average molecular weight is 437 g/mol. The van der Waals surface area contributed by atoms with E-state index in [0.29, 0.717) is 28.5 Å². The molecule has 1 amide bonds. The summed E-state index contributed by atoms with van der Waals surface area (Å²) in [5, 5.41) is 26.7. The van der Waals surface area contributed by atoms with Gasteiger partial charge < -0.3 is 5.32 Å². The summed E-state index contributed by atoms with van der Waals surface area (Å²) >= 11 is 0. The molecule has 1 N–H and O–H groups in total. The zero-order valence-corrected chi connectivity index (χ0v) is 17.0. The summed E-state index contributed by atoms with van der Waals surface area (Å²) in [6, 6.07) is 21.8. The number of nitrogens with one attached hydrogen (secondary N) is 1. The second-order valence-electron chi connectivity index (χ2n) is 7.07. The van der Waals surface area contributed by atoms with Gasteiger partial charge in [-0.15, -0.1) is 10.2 Å². The first-order chi connectivity index (χ1) is 16.1. The van der Waals surface area contributed by atoms with Crippen molar-refractivity contribution in [2.24, 2.45) is 0 Å². The zero-order chi connectivity index (χ0) is 22.8. The minimum absolute atomic E-state index is 0.147. The van der Waals surface area contributed by atoms with Crippen LogP contribution < -0.4 is 5.32 Å². The number of nitrogens with zero attached hydrogens (tertiary/aromatic N) is 6. The lowest BCUT2D eigenvalue weighted by molar-refractivity contribution is -0.384. The minimum Gasteiger partial charge on any atom is -0.322 e. The van der Waals surface area contributed by atoms with Crippen LogP contribution >= 0.6 is 0 Å². The first-order valence-corrected chi connectivity index (χ1v) is 9.88. The molecule has 5 rings (SSSR count). The van der Waals surface area contributed by atoms with Crippen LogP contribution in [0.2, 0.25) is 0 Å². The monoisotopic (exact) mass is 437 g/mol. The number of nitro groups is 1. The predicted octanol–water partition coefficient (Wildman–Crippen LogP) is 4.01. The molecule has 3 heterocycles. The Hall–Kier alpha value is -4.99. The Morgan fingerprint density at radius 1 is 0.909 bits per heavy atom. The Kier molecular flexibility index (Phi) is 5.00. The molecule has 5 aromatic rings. The Morgan fingerprint density at radius 2 is 1.79 bits per heavy atom. The van der Waals surface area contributed by atoms with Crippen molar-refractivity contribution in [3.8, 4) is 22.8 Å². The van der Waals surface area contributed by atoms with Crippen LogP contribution in [0, 0.1) is 10.1 Å². The highest BCUT2D eigenvalue weighted by Crippen LogP contribution is 2.23. The minimum atomic E-state index is -0.538. The summed E-state index contributed by atoms with van der Waals surface area (Å²) < 4.78 is 1.62. The molecule has 0 fully saturated rings. The van der Waals surface area contributed by atoms with Gasteiger partial charge in [-0.25, -0.2) is 0 Å². The zero-order valence-electron chi connectivity index (χ0n) is 17.0. The molecule has 0 aliphatic carbocycles. The van der Waals surface area contributed by atoms with Gasteiger partial charge in [-0.2, -0.15) is 9.61 Å². The number of aromatic nitrogens is 5. The molecule has 0 spiro atoms. The van der Waals surface area contributed by atoms with E-state index in [9.17, 15) is 14.9 Å². The third-order valence-corrected chi connectivity index (χ3v) is 4.89. The van der Waals surface area contributed by atoms with Crippen molar-refractivity contribution in [1.29, 1.82) is 0 Å². The van der Waals surface area contributed by atoms with E-state index in [2.05, 4.69) is 25.6 Å². The number of hydrogen-bond acceptors (Lipinski definition) is 7. The normalized spacial score (nSPS) is 10.8. The van der Waals surface area contributed by atoms with Gasteiger partial charge in [-0.3, -0.25) is 19.9 Å². The molecule has 10 nitrogen and oxygen atoms in total. The van der Waals surface area contributed by atoms with E-state index in [1.54, 1.807) is 35.0 Å². The standard InChI is InChI=1S/C23H15N7O3/c31-23(16-6-4-8-18(14-16)30(32)33)25-17-7-3-5-15(13-17)19-10-11-21-26-27-22(29(21)28-19)20-9-1-2-12-24-20/h1-14H,(H,25,31). The summed E-state index contributed by atoms with van der Waals surface area (Å²) in [5.41, 5.74) is 3.20. The smallest absolute Gasteiger partial charge is 0.270 e. The highest BCUT2D eigenvalue weighted by atomic mass is 16.6. The molecule has 0 aliphatic rings. The van der Waals surface area contributed by atoms with E-state index in [1.807, 2.05) is 30.3 Å². The second-order valence-corrected chi connectivity index (χ2v) is 7.07. The van der Waals surface area contributed by atoms with Gasteiger partial charge in [0.2, 0.25) is 5.82 Å². The van der Waals surface area contributed by atoms with Crippen LogP contribution in [0.25, 0.3) is 28.4 Å². The molecule has 0 aliphatic heterocycles. The quantitative estimate of drug-likeness (QED) is 0.325. The number of benzene rings is 2. The third kappa shape index (κ3) is 4.00. The lowest BCUT2D eigenvalue weighted by atomic mass is 10.1. The van der Waals surface area contributed by atoms with Crippen LogP contribution in [-0.2, 0) is 0 Å². The van der Waals surface area contributed by atoms with Gasteiger partial charge in [-0.1, -0.05) is 24.3 Å². The molecular formula is C23H15N7O3. The van der Waals surface area contributed by atoms with Gasteiger partial charge in [0.15, 0.2) is 5.65 Å². The van der Waals surface area contributed by atoms with E-state index in [0.717, 1.165) is 5.56 Å². The van der Waals surface area contributed by atoms with Crippen molar-refractivity contribution in [3.05, 3.63) is 101 Å². The molecule has 33 heavy (non-hydrogen) atoms. The van der Waals surface area contributed by atoms with Crippen molar-refractivity contribution in [2.75, 3.05) is 5.32 Å². The topological polar surface area (TPSA) is 128 Å². The van der Waals surface area contributed by atoms with Crippen LogP contribution in [0.5, 0.6) is 0 Å². The summed E-state index contributed by atoms with van der Waals surface area (Å²) in [6.07, 6.45) is 1.67. The summed E-state index contributed by atoms with van der Waals surface area (Å²) in [4.78, 5) is 27.4. The Morgan fingerprint density at radius 3 is 2.61 bits per heavy atom. The van der Waals surface area contributed by atoms with E-state index >= 15 is 0 Å². The number of non-ortho nitro benzene ring substituents is 1. The fraction of sp³-hybridized carbons (Fsp3) is 0. The Labute approximate surface area is 186 Å². The van der Waals surface area contributed by atoms with Gasteiger partial charge in [-0.05, 0) is 42.5 Å². The van der Waals surface area contributed by atoms with Crippen LogP contribution in [0.3, 0.4) is 0 Å². The molecule has 10 heteroatoms. The van der Waals surface area contributed by atoms with E-state index in [4.69, 9.17) is 0 Å². The Bertz CT molecular complexity index is 1500. The van der Waals surface area contributed by atoms with Crippen molar-refractivity contribution in [3.63, 3.8) is 0 Å². The summed E-state index contributed by atoms with van der Waals surface area (Å²) in [5.74, 6) is 0.0677. The maximum Gasteiger partial charge on any atom is 0.270 e. The lowest BCUT2D eigenvalue weighted by Crippen LogP contribution is -2.12. The number of anilines is 1. The van der Waals surface area contributed by atoms with Crippen molar-refractivity contribution in [2.45, 2.75) is 0 Å². The van der Waals surface area contributed by atoms with E-state index in [1.165, 1.54) is 24.3 Å². The van der Waals surface area contributed by atoms with Gasteiger partial charge in [0, 0.05) is 35.1 Å². The molecule has 0 unspecified atom stereocenters. The molecule has 2 aromatic carbocycles. The van der Waals surface area contributed by atoms with Crippen LogP contribution in [0.1, 0.15) is 10.4 Å². The maximum absolute atomic E-state index is 12.6. The number of nitro benzene ring substituents is 1. The van der Waals surface area contributed by atoms with E-state index in [-0.39, 0.29) is 11.3 Å². The van der Waals surface area contributed by atoms with Gasteiger partial charge >= 0.3 is 0 Å². The number of fused-ring (bicyclic) bond motifs is 1. The Balaban J connectivity index is 1.45. The van der Waals surface area contributed by atoms with Gasteiger partial charge in [0.1, 0.15) is 5.69 Å². The largest absolute Gasteiger partial charge is 0.322 e. The molecule has 0 bridgehead atoms. The second kappa shape index (κ2) is 8.27. The number of hydrogen-bond donors (Lipinski definition) is 1. The fourth-order valence-corrected chi connectivity index (χ4v) is 3.32. The summed E-state index contributed by atoms with van der Waals surface area (Å²) in [6.45, 7) is 0. The van der Waals surface area contributed by atoms with Crippen LogP contribution in [0.15, 0.2) is 85.1 Å². The van der Waals surface area contributed by atoms with Crippen molar-refractivity contribution >= 4 is 22.9 Å². The number of rotatable bonds is 5. The van der Waals surface area contributed by atoms with Gasteiger partial charge in [0.05, 0.1) is 10.6 Å². The maximum atomic E-state index is 12.6. The predicted molar refractivity (Wildman–Crippen MR) is 120 cm³/mol. The molecule has 0 atom stereocenters. The molecular weight excluding hydrogens is 422 g/mol. The molecule has 0 saturated heterocycles. The molecule has 160 valence electrons. The van der Waals surface area contributed by atoms with E-state index < -0.39 is 10.8 Å². The first-order valence-electron chi connectivity index (χ1n) is 9.88. The highest BCUT2D eigenvalue weighted by molar-refractivity contribution is 6.04. The molecule has 0 saturated carbocycles. The number of pyridine rings is 1. The fourth-order valence-electron chi connectivity index (χ4n) is 3.32. The van der Waals surface area contributed by atoms with Crippen LogP contribution in [0.4, 0.5) is 11.4 Å². The first kappa shape index (κ1) is 19.9. The lowest BCUT2D eigenvalue weighted by Gasteiger charge is -2.08. The number of amides is 1. The highest BCUT2D eigenvalue weighted by Gasteiger charge is 2.14. The van der Waals surface area contributed by atoms with Crippen LogP contribution in [-0.4, -0.2) is 35.6 Å². The van der Waals surface area contributed by atoms with Crippen molar-refractivity contribution in [1.82, 2.24) is 24.8 Å².